The molecule has 4 heteroatoms. The van der Waals surface area contributed by atoms with Crippen LogP contribution in [0.5, 0.6) is 11.6 Å². The van der Waals surface area contributed by atoms with E-state index in [2.05, 4.69) is 4.98 Å². The van der Waals surface area contributed by atoms with E-state index in [1.165, 1.54) is 6.07 Å². The van der Waals surface area contributed by atoms with E-state index in [0.29, 0.717) is 17.2 Å². The van der Waals surface area contributed by atoms with E-state index in [0.717, 1.165) is 17.3 Å². The summed E-state index contributed by atoms with van der Waals surface area (Å²) in [5, 5.41) is 0. The second kappa shape index (κ2) is 5.36. The normalized spacial score (nSPS) is 10.4. The van der Waals surface area contributed by atoms with Crippen molar-refractivity contribution in [1.29, 1.82) is 0 Å². The van der Waals surface area contributed by atoms with Gasteiger partial charge in [0.25, 0.3) is 0 Å². The van der Waals surface area contributed by atoms with E-state index in [4.69, 9.17) is 16.3 Å². The fraction of sp³-hybridized carbons (Fsp3) is 0.214. The largest absolute Gasteiger partial charge is 0.438 e. The zero-order chi connectivity index (χ0) is 13.1. The van der Waals surface area contributed by atoms with Crippen LogP contribution in [0.1, 0.15) is 16.7 Å². The van der Waals surface area contributed by atoms with Crippen LogP contribution in [0.4, 0.5) is 4.39 Å². The van der Waals surface area contributed by atoms with Crippen LogP contribution in [0, 0.1) is 19.7 Å². The van der Waals surface area contributed by atoms with Crippen LogP contribution >= 0.6 is 11.6 Å². The monoisotopic (exact) mass is 265 g/mol. The molecule has 2 nitrogen and oxygen atoms in total. The van der Waals surface area contributed by atoms with Gasteiger partial charge in [0, 0.05) is 5.56 Å². The van der Waals surface area contributed by atoms with Crippen molar-refractivity contribution in [2.24, 2.45) is 0 Å². The maximum atomic E-state index is 13.0. The molecule has 0 atom stereocenters. The highest BCUT2D eigenvalue weighted by Crippen LogP contribution is 2.27. The molecule has 0 aliphatic carbocycles. The fourth-order valence-electron chi connectivity index (χ4n) is 1.67. The Bertz CT molecular complexity index is 572. The van der Waals surface area contributed by atoms with Crippen molar-refractivity contribution < 1.29 is 9.13 Å². The van der Waals surface area contributed by atoms with Gasteiger partial charge in [-0.25, -0.2) is 9.37 Å². The van der Waals surface area contributed by atoms with Gasteiger partial charge < -0.3 is 4.74 Å². The molecule has 1 heterocycles. The lowest BCUT2D eigenvalue weighted by atomic mass is 10.1. The molecule has 0 aliphatic heterocycles. The molecule has 0 saturated carbocycles. The third-order valence-electron chi connectivity index (χ3n) is 2.57. The lowest BCUT2D eigenvalue weighted by Gasteiger charge is -2.11. The molecule has 0 amide bonds. The summed E-state index contributed by atoms with van der Waals surface area (Å²) in [6.07, 6.45) is 1.12. The minimum atomic E-state index is -0.418. The van der Waals surface area contributed by atoms with Crippen molar-refractivity contribution >= 4 is 11.6 Å². The molecular weight excluding hydrogens is 253 g/mol. The van der Waals surface area contributed by atoms with Crippen LogP contribution in [-0.4, -0.2) is 4.98 Å². The van der Waals surface area contributed by atoms with E-state index in [1.807, 2.05) is 32.0 Å². The van der Waals surface area contributed by atoms with Crippen molar-refractivity contribution in [3.05, 3.63) is 53.0 Å². The zero-order valence-electron chi connectivity index (χ0n) is 10.2. The van der Waals surface area contributed by atoms with E-state index < -0.39 is 5.82 Å². The molecule has 0 unspecified atom stereocenters. The highest BCUT2D eigenvalue weighted by molar-refractivity contribution is 6.17. The molecule has 0 aliphatic rings. The molecule has 0 spiro atoms. The Morgan fingerprint density at radius 2 is 2.06 bits per heavy atom. The van der Waals surface area contributed by atoms with Gasteiger partial charge in [0.1, 0.15) is 11.6 Å². The zero-order valence-corrected chi connectivity index (χ0v) is 11.0. The van der Waals surface area contributed by atoms with Gasteiger partial charge in [-0.1, -0.05) is 17.7 Å². The Balaban J connectivity index is 2.33. The first-order valence-electron chi connectivity index (χ1n) is 5.55. The van der Waals surface area contributed by atoms with E-state index in [-0.39, 0.29) is 5.88 Å². The standard InChI is InChI=1S/C14H13ClFNO/c1-9-3-4-13(10(2)5-9)18-14-11(7-15)6-12(16)8-17-14/h3-6,8H,7H2,1-2H3. The highest BCUT2D eigenvalue weighted by atomic mass is 35.5. The Kier molecular flexibility index (Phi) is 3.82. The van der Waals surface area contributed by atoms with Crippen molar-refractivity contribution in [1.82, 2.24) is 4.98 Å². The first-order valence-corrected chi connectivity index (χ1v) is 6.09. The molecule has 0 N–H and O–H groups in total. The summed E-state index contributed by atoms with van der Waals surface area (Å²) >= 11 is 5.75. The quantitative estimate of drug-likeness (QED) is 0.769. The van der Waals surface area contributed by atoms with Gasteiger partial charge in [-0.3, -0.25) is 0 Å². The van der Waals surface area contributed by atoms with Gasteiger partial charge in [0.2, 0.25) is 5.88 Å². The van der Waals surface area contributed by atoms with Crippen LogP contribution in [0.2, 0.25) is 0 Å². The van der Waals surface area contributed by atoms with Gasteiger partial charge in [0.15, 0.2) is 0 Å². The summed E-state index contributed by atoms with van der Waals surface area (Å²) in [6.45, 7) is 3.96. The molecular formula is C14H13ClFNO. The average molecular weight is 266 g/mol. The Morgan fingerprint density at radius 3 is 2.72 bits per heavy atom. The Labute approximate surface area is 110 Å². The summed E-state index contributed by atoms with van der Waals surface area (Å²) in [5.41, 5.74) is 2.70. The fourth-order valence-corrected chi connectivity index (χ4v) is 1.87. The van der Waals surface area contributed by atoms with Gasteiger partial charge in [-0.2, -0.15) is 0 Å². The average Bonchev–Trinajstić information content (AvgIpc) is 2.34. The maximum absolute atomic E-state index is 13.0. The summed E-state index contributed by atoms with van der Waals surface area (Å²) in [6, 6.07) is 7.16. The first-order chi connectivity index (χ1) is 8.60. The van der Waals surface area contributed by atoms with Crippen molar-refractivity contribution in [2.75, 3.05) is 0 Å². The topological polar surface area (TPSA) is 22.1 Å². The van der Waals surface area contributed by atoms with Crippen LogP contribution in [0.15, 0.2) is 30.5 Å². The molecule has 2 rings (SSSR count). The summed E-state index contributed by atoms with van der Waals surface area (Å²) in [5.74, 6) is 0.786. The van der Waals surface area contributed by atoms with Crippen LogP contribution in [0.3, 0.4) is 0 Å². The number of aromatic nitrogens is 1. The van der Waals surface area contributed by atoms with Gasteiger partial charge in [0.05, 0.1) is 12.1 Å². The van der Waals surface area contributed by atoms with Gasteiger partial charge in [-0.15, -0.1) is 11.6 Å². The van der Waals surface area contributed by atoms with Crippen molar-refractivity contribution in [2.45, 2.75) is 19.7 Å². The summed E-state index contributed by atoms with van der Waals surface area (Å²) in [4.78, 5) is 3.93. The third kappa shape index (κ3) is 2.79. The number of alkyl halides is 1. The van der Waals surface area contributed by atoms with Crippen molar-refractivity contribution in [3.8, 4) is 11.6 Å². The summed E-state index contributed by atoms with van der Waals surface area (Å²) in [7, 11) is 0. The minimum absolute atomic E-state index is 0.158. The van der Waals surface area contributed by atoms with Gasteiger partial charge in [-0.05, 0) is 31.5 Å². The second-order valence-electron chi connectivity index (χ2n) is 4.12. The van der Waals surface area contributed by atoms with E-state index in [1.54, 1.807) is 0 Å². The van der Waals surface area contributed by atoms with E-state index >= 15 is 0 Å². The minimum Gasteiger partial charge on any atom is -0.438 e. The number of aryl methyl sites for hydroxylation is 2. The van der Waals surface area contributed by atoms with Crippen LogP contribution < -0.4 is 4.74 Å². The van der Waals surface area contributed by atoms with Crippen molar-refractivity contribution in [3.63, 3.8) is 0 Å². The number of ether oxygens (including phenoxy) is 1. The number of benzene rings is 1. The SMILES string of the molecule is Cc1ccc(Oc2ncc(F)cc2CCl)c(C)c1. The lowest BCUT2D eigenvalue weighted by Crippen LogP contribution is -1.96. The van der Waals surface area contributed by atoms with E-state index in [9.17, 15) is 4.39 Å². The first kappa shape index (κ1) is 12.8. The maximum Gasteiger partial charge on any atom is 0.223 e. The number of pyridine rings is 1. The predicted molar refractivity (Wildman–Crippen MR) is 69.7 cm³/mol. The second-order valence-corrected chi connectivity index (χ2v) is 4.39. The summed E-state index contributed by atoms with van der Waals surface area (Å²) < 4.78 is 18.7. The van der Waals surface area contributed by atoms with Crippen LogP contribution in [-0.2, 0) is 5.88 Å². The third-order valence-corrected chi connectivity index (χ3v) is 2.86. The predicted octanol–water partition coefficient (Wildman–Crippen LogP) is 4.37. The number of hydrogen-bond donors (Lipinski definition) is 0. The Hall–Kier alpha value is -1.61. The molecule has 2 aromatic rings. The molecule has 1 aromatic carbocycles. The molecule has 18 heavy (non-hydrogen) atoms. The molecule has 0 saturated heterocycles. The molecule has 0 bridgehead atoms. The van der Waals surface area contributed by atoms with Gasteiger partial charge >= 0.3 is 0 Å². The number of nitrogens with zero attached hydrogens (tertiary/aromatic N) is 1. The highest BCUT2D eigenvalue weighted by Gasteiger charge is 2.09. The molecule has 1 aromatic heterocycles. The Morgan fingerprint density at radius 1 is 1.28 bits per heavy atom. The smallest absolute Gasteiger partial charge is 0.223 e. The molecule has 94 valence electrons. The molecule has 0 radical (unpaired) electrons. The number of rotatable bonds is 3. The lowest BCUT2D eigenvalue weighted by molar-refractivity contribution is 0.451. The number of hydrogen-bond acceptors (Lipinski definition) is 2. The van der Waals surface area contributed by atoms with Crippen LogP contribution in [0.25, 0.3) is 0 Å². The number of halogens is 2. The molecule has 0 fully saturated rings.